The van der Waals surface area contributed by atoms with Gasteiger partial charge in [-0.15, -0.1) is 0 Å². The molecule has 93 valence electrons. The second-order valence-electron chi connectivity index (χ2n) is 4.38. The summed E-state index contributed by atoms with van der Waals surface area (Å²) < 4.78 is 0. The van der Waals surface area contributed by atoms with Crippen molar-refractivity contribution >= 4 is 0 Å². The van der Waals surface area contributed by atoms with Gasteiger partial charge in [0.1, 0.15) is 11.5 Å². The summed E-state index contributed by atoms with van der Waals surface area (Å²) in [4.78, 5) is 0. The fraction of sp³-hybridized carbons (Fsp3) is 0.188. The van der Waals surface area contributed by atoms with Crippen molar-refractivity contribution in [3.8, 4) is 11.5 Å². The predicted octanol–water partition coefficient (Wildman–Crippen LogP) is 3.84. The first-order valence-corrected chi connectivity index (χ1v) is 6.08. The molecule has 1 radical (unpaired) electrons. The highest BCUT2D eigenvalue weighted by Crippen LogP contribution is 2.30. The second kappa shape index (κ2) is 5.58. The number of benzene rings is 2. The minimum Gasteiger partial charge on any atom is -0.508 e. The zero-order valence-electron chi connectivity index (χ0n) is 10.2. The van der Waals surface area contributed by atoms with Crippen molar-refractivity contribution in [2.45, 2.75) is 18.8 Å². The number of rotatable bonds is 4. The molecule has 0 aliphatic heterocycles. The van der Waals surface area contributed by atoms with Crippen LogP contribution in [0.15, 0.2) is 48.5 Å². The molecule has 0 aromatic heterocycles. The molecule has 2 N–H and O–H groups in total. The molecule has 2 aromatic carbocycles. The van der Waals surface area contributed by atoms with Gasteiger partial charge in [-0.1, -0.05) is 37.6 Å². The number of phenols is 2. The Morgan fingerprint density at radius 2 is 1.17 bits per heavy atom. The Kier molecular flexibility index (Phi) is 3.88. The van der Waals surface area contributed by atoms with E-state index in [2.05, 4.69) is 6.92 Å². The van der Waals surface area contributed by atoms with Crippen molar-refractivity contribution < 1.29 is 10.2 Å². The summed E-state index contributed by atoms with van der Waals surface area (Å²) in [5, 5.41) is 18.7. The van der Waals surface area contributed by atoms with Crippen LogP contribution in [0.1, 0.15) is 29.9 Å². The fourth-order valence-corrected chi connectivity index (χ4v) is 2.14. The molecule has 0 fully saturated rings. The Bertz CT molecular complexity index is 440. The molecule has 0 unspecified atom stereocenters. The van der Waals surface area contributed by atoms with E-state index >= 15 is 0 Å². The van der Waals surface area contributed by atoms with Crippen LogP contribution in [-0.4, -0.2) is 10.2 Å². The SMILES string of the molecule is [CH2]CCC(c1ccc(O)cc1)c1ccc(O)cc1. The van der Waals surface area contributed by atoms with Gasteiger partial charge in [0.05, 0.1) is 0 Å². The summed E-state index contributed by atoms with van der Waals surface area (Å²) in [6.07, 6.45) is 1.78. The first kappa shape index (κ1) is 12.5. The van der Waals surface area contributed by atoms with Crippen LogP contribution in [0.3, 0.4) is 0 Å². The van der Waals surface area contributed by atoms with Gasteiger partial charge in [-0.25, -0.2) is 0 Å². The van der Waals surface area contributed by atoms with Crippen molar-refractivity contribution in [1.82, 2.24) is 0 Å². The maximum Gasteiger partial charge on any atom is 0.115 e. The van der Waals surface area contributed by atoms with Crippen LogP contribution in [0.25, 0.3) is 0 Å². The highest BCUT2D eigenvalue weighted by atomic mass is 16.3. The largest absolute Gasteiger partial charge is 0.508 e. The molecule has 2 heteroatoms. The highest BCUT2D eigenvalue weighted by molar-refractivity contribution is 5.37. The van der Waals surface area contributed by atoms with Gasteiger partial charge in [0.2, 0.25) is 0 Å². The van der Waals surface area contributed by atoms with E-state index < -0.39 is 0 Å². The van der Waals surface area contributed by atoms with Gasteiger partial charge in [0.25, 0.3) is 0 Å². The summed E-state index contributed by atoms with van der Waals surface area (Å²) in [6, 6.07) is 14.5. The van der Waals surface area contributed by atoms with Crippen LogP contribution in [0.2, 0.25) is 0 Å². The lowest BCUT2D eigenvalue weighted by Gasteiger charge is -2.17. The van der Waals surface area contributed by atoms with E-state index in [-0.39, 0.29) is 17.4 Å². The molecule has 18 heavy (non-hydrogen) atoms. The molecular formula is C16H17O2. The monoisotopic (exact) mass is 241 g/mol. The summed E-state index contributed by atoms with van der Waals surface area (Å²) in [7, 11) is 0. The average Bonchev–Trinajstić information content (AvgIpc) is 2.39. The van der Waals surface area contributed by atoms with E-state index in [0.717, 1.165) is 24.0 Å². The van der Waals surface area contributed by atoms with Gasteiger partial charge < -0.3 is 10.2 Å². The van der Waals surface area contributed by atoms with Crippen molar-refractivity contribution in [3.63, 3.8) is 0 Å². The van der Waals surface area contributed by atoms with Crippen LogP contribution in [0.4, 0.5) is 0 Å². The van der Waals surface area contributed by atoms with Crippen molar-refractivity contribution in [2.75, 3.05) is 0 Å². The van der Waals surface area contributed by atoms with Crippen LogP contribution in [-0.2, 0) is 0 Å². The molecule has 0 saturated carbocycles. The number of phenolic OH excluding ortho intramolecular Hbond substituents is 2. The molecule has 0 amide bonds. The van der Waals surface area contributed by atoms with E-state index in [0.29, 0.717) is 0 Å². The standard InChI is InChI=1S/C16H17O2/c1-2-3-16(12-4-8-14(17)9-5-12)13-6-10-15(18)11-7-13/h4-11,16-18H,1-3H2. The minimum atomic E-state index is 0.253. The van der Waals surface area contributed by atoms with E-state index in [1.807, 2.05) is 24.3 Å². The molecular weight excluding hydrogens is 224 g/mol. The van der Waals surface area contributed by atoms with Gasteiger partial charge >= 0.3 is 0 Å². The highest BCUT2D eigenvalue weighted by Gasteiger charge is 2.13. The first-order chi connectivity index (χ1) is 8.70. The first-order valence-electron chi connectivity index (χ1n) is 6.08. The molecule has 2 aromatic rings. The third kappa shape index (κ3) is 2.83. The molecule has 0 aliphatic carbocycles. The maximum atomic E-state index is 9.33. The van der Waals surface area contributed by atoms with Gasteiger partial charge in [-0.05, 0) is 41.8 Å². The van der Waals surface area contributed by atoms with Crippen molar-refractivity contribution in [2.24, 2.45) is 0 Å². The smallest absolute Gasteiger partial charge is 0.115 e. The molecule has 2 nitrogen and oxygen atoms in total. The summed E-state index contributed by atoms with van der Waals surface area (Å²) in [5.41, 5.74) is 2.31. The van der Waals surface area contributed by atoms with E-state index in [4.69, 9.17) is 0 Å². The summed E-state index contributed by atoms with van der Waals surface area (Å²) >= 11 is 0. The van der Waals surface area contributed by atoms with Crippen LogP contribution < -0.4 is 0 Å². The molecule has 0 heterocycles. The van der Waals surface area contributed by atoms with Crippen LogP contribution in [0, 0.1) is 6.92 Å². The number of hydrogen-bond donors (Lipinski definition) is 2. The normalized spacial score (nSPS) is 10.8. The minimum absolute atomic E-state index is 0.253. The Labute approximate surface area is 108 Å². The number of hydrogen-bond acceptors (Lipinski definition) is 2. The van der Waals surface area contributed by atoms with Crippen LogP contribution in [0.5, 0.6) is 11.5 Å². The molecule has 0 aliphatic rings. The lowest BCUT2D eigenvalue weighted by Crippen LogP contribution is -2.00. The Morgan fingerprint density at radius 3 is 1.50 bits per heavy atom. The quantitative estimate of drug-likeness (QED) is 0.853. The average molecular weight is 241 g/mol. The topological polar surface area (TPSA) is 40.5 Å². The zero-order chi connectivity index (χ0) is 13.0. The number of aromatic hydroxyl groups is 2. The van der Waals surface area contributed by atoms with Crippen LogP contribution >= 0.6 is 0 Å². The molecule has 0 bridgehead atoms. The fourth-order valence-electron chi connectivity index (χ4n) is 2.14. The summed E-state index contributed by atoms with van der Waals surface area (Å²) in [5.74, 6) is 0.805. The van der Waals surface area contributed by atoms with E-state index in [9.17, 15) is 10.2 Å². The van der Waals surface area contributed by atoms with Crippen molar-refractivity contribution in [3.05, 3.63) is 66.6 Å². The Morgan fingerprint density at radius 1 is 0.778 bits per heavy atom. The van der Waals surface area contributed by atoms with Gasteiger partial charge in [-0.3, -0.25) is 0 Å². The zero-order valence-corrected chi connectivity index (χ0v) is 10.2. The third-order valence-electron chi connectivity index (χ3n) is 3.08. The predicted molar refractivity (Wildman–Crippen MR) is 72.6 cm³/mol. The van der Waals surface area contributed by atoms with Gasteiger partial charge in [0.15, 0.2) is 0 Å². The van der Waals surface area contributed by atoms with E-state index in [1.165, 1.54) is 0 Å². The van der Waals surface area contributed by atoms with Gasteiger partial charge in [-0.2, -0.15) is 0 Å². The lowest BCUT2D eigenvalue weighted by molar-refractivity contribution is 0.475. The molecule has 0 atom stereocenters. The second-order valence-corrected chi connectivity index (χ2v) is 4.38. The lowest BCUT2D eigenvalue weighted by atomic mass is 9.87. The molecule has 0 spiro atoms. The van der Waals surface area contributed by atoms with E-state index in [1.54, 1.807) is 24.3 Å². The maximum absolute atomic E-state index is 9.33. The molecule has 2 rings (SSSR count). The molecule has 0 saturated heterocycles. The Balaban J connectivity index is 2.33. The third-order valence-corrected chi connectivity index (χ3v) is 3.08. The van der Waals surface area contributed by atoms with Crippen molar-refractivity contribution in [1.29, 1.82) is 0 Å². The summed E-state index contributed by atoms with van der Waals surface area (Å²) in [6.45, 7) is 3.91. The Hall–Kier alpha value is -1.96. The van der Waals surface area contributed by atoms with Gasteiger partial charge in [0, 0.05) is 5.92 Å².